The number of rotatable bonds is 6. The zero-order valence-corrected chi connectivity index (χ0v) is 15.9. The fraction of sp³-hybridized carbons (Fsp3) is 0.316. The van der Waals surface area contributed by atoms with Crippen LogP contribution in [-0.2, 0) is 21.4 Å². The number of hydrogen-bond donors (Lipinski definition) is 1. The number of anilines is 1. The van der Waals surface area contributed by atoms with Crippen LogP contribution in [0, 0.1) is 20.8 Å². The first-order valence-electron chi connectivity index (χ1n) is 8.04. The van der Waals surface area contributed by atoms with Crippen LogP contribution in [-0.4, -0.2) is 27.1 Å². The van der Waals surface area contributed by atoms with Gasteiger partial charge in [0.05, 0.1) is 11.9 Å². The van der Waals surface area contributed by atoms with Gasteiger partial charge < -0.3 is 5.32 Å². The van der Waals surface area contributed by atoms with E-state index in [1.54, 1.807) is 0 Å². The van der Waals surface area contributed by atoms with Gasteiger partial charge in [0, 0.05) is 6.54 Å². The average Bonchev–Trinajstić information content (AvgIpc) is 2.51. The molecule has 0 spiro atoms. The summed E-state index contributed by atoms with van der Waals surface area (Å²) in [4.78, 5) is 12.3. The lowest BCUT2D eigenvalue weighted by molar-refractivity contribution is -0.119. The summed E-state index contributed by atoms with van der Waals surface area (Å²) in [7, 11) is -3.58. The Balaban J connectivity index is 2.21. The first-order valence-corrected chi connectivity index (χ1v) is 9.89. The number of nitrogens with one attached hydrogen (secondary N) is 1. The van der Waals surface area contributed by atoms with Crippen molar-refractivity contribution in [3.8, 4) is 0 Å². The van der Waals surface area contributed by atoms with Crippen molar-refractivity contribution in [2.24, 2.45) is 0 Å². The molecule has 2 rings (SSSR count). The molecule has 0 aromatic heterocycles. The fourth-order valence-corrected chi connectivity index (χ4v) is 3.88. The summed E-state index contributed by atoms with van der Waals surface area (Å²) in [6.07, 6.45) is 1.12. The van der Waals surface area contributed by atoms with Crippen LogP contribution in [0.5, 0.6) is 0 Å². The monoisotopic (exact) mass is 360 g/mol. The molecule has 1 amide bonds. The van der Waals surface area contributed by atoms with Crippen molar-refractivity contribution in [3.05, 3.63) is 64.7 Å². The first-order chi connectivity index (χ1) is 11.7. The van der Waals surface area contributed by atoms with Crippen LogP contribution in [0.1, 0.15) is 22.3 Å². The summed E-state index contributed by atoms with van der Waals surface area (Å²) in [6.45, 7) is 5.80. The maximum absolute atomic E-state index is 12.3. The Morgan fingerprint density at radius 3 is 2.12 bits per heavy atom. The van der Waals surface area contributed by atoms with Gasteiger partial charge in [-0.15, -0.1) is 0 Å². The molecular formula is C19H24N2O3S. The molecule has 134 valence electrons. The van der Waals surface area contributed by atoms with Crippen LogP contribution in [0.4, 0.5) is 5.69 Å². The molecule has 0 bridgehead atoms. The fourth-order valence-electron chi connectivity index (χ4n) is 2.91. The third-order valence-corrected chi connectivity index (χ3v) is 5.02. The molecule has 0 fully saturated rings. The summed E-state index contributed by atoms with van der Waals surface area (Å²) in [5.41, 5.74) is 4.26. The van der Waals surface area contributed by atoms with Gasteiger partial charge in [-0.05, 0) is 37.5 Å². The van der Waals surface area contributed by atoms with E-state index < -0.39 is 10.0 Å². The number of sulfonamides is 1. The van der Waals surface area contributed by atoms with Crippen molar-refractivity contribution in [1.29, 1.82) is 0 Å². The zero-order valence-electron chi connectivity index (χ0n) is 15.0. The van der Waals surface area contributed by atoms with Gasteiger partial charge in [0.15, 0.2) is 0 Å². The molecule has 2 aromatic carbocycles. The minimum Gasteiger partial charge on any atom is -0.350 e. The van der Waals surface area contributed by atoms with Crippen molar-refractivity contribution in [2.45, 2.75) is 27.3 Å². The molecule has 0 aliphatic rings. The smallest absolute Gasteiger partial charge is 0.241 e. The van der Waals surface area contributed by atoms with E-state index in [0.29, 0.717) is 12.2 Å². The number of aryl methyl sites for hydroxylation is 3. The van der Waals surface area contributed by atoms with Crippen molar-refractivity contribution in [3.63, 3.8) is 0 Å². The second kappa shape index (κ2) is 7.70. The van der Waals surface area contributed by atoms with E-state index in [9.17, 15) is 13.2 Å². The largest absolute Gasteiger partial charge is 0.350 e. The summed E-state index contributed by atoms with van der Waals surface area (Å²) in [5.74, 6) is -0.339. The molecule has 0 aliphatic carbocycles. The lowest BCUT2D eigenvalue weighted by atomic mass is 10.1. The molecule has 25 heavy (non-hydrogen) atoms. The van der Waals surface area contributed by atoms with Crippen molar-refractivity contribution in [1.82, 2.24) is 5.32 Å². The normalized spacial score (nSPS) is 11.2. The minimum atomic E-state index is -3.58. The molecule has 0 radical (unpaired) electrons. The van der Waals surface area contributed by atoms with Crippen LogP contribution in [0.3, 0.4) is 0 Å². The van der Waals surface area contributed by atoms with E-state index in [-0.39, 0.29) is 12.5 Å². The number of carbonyl (C=O) groups is 1. The predicted octanol–water partition coefficient (Wildman–Crippen LogP) is 2.69. The topological polar surface area (TPSA) is 66.5 Å². The SMILES string of the molecule is Cc1cc(C)c(N(CC(=O)NCc2ccccc2)S(C)(=O)=O)c(C)c1. The third kappa shape index (κ3) is 5.06. The van der Waals surface area contributed by atoms with Gasteiger partial charge in [-0.2, -0.15) is 0 Å². The van der Waals surface area contributed by atoms with Crippen molar-refractivity contribution in [2.75, 3.05) is 17.1 Å². The Kier molecular flexibility index (Phi) is 5.85. The maximum atomic E-state index is 12.3. The summed E-state index contributed by atoms with van der Waals surface area (Å²) in [6, 6.07) is 13.3. The average molecular weight is 360 g/mol. The highest BCUT2D eigenvalue weighted by Crippen LogP contribution is 2.28. The van der Waals surface area contributed by atoms with Crippen LogP contribution < -0.4 is 9.62 Å². The molecule has 0 aliphatic heterocycles. The van der Waals surface area contributed by atoms with Gasteiger partial charge >= 0.3 is 0 Å². The Labute approximate surface area is 149 Å². The van der Waals surface area contributed by atoms with Gasteiger partial charge in [0.25, 0.3) is 0 Å². The van der Waals surface area contributed by atoms with Crippen molar-refractivity contribution < 1.29 is 13.2 Å². The minimum absolute atomic E-state index is 0.240. The van der Waals surface area contributed by atoms with Crippen LogP contribution in [0.2, 0.25) is 0 Å². The highest BCUT2D eigenvalue weighted by Gasteiger charge is 2.24. The van der Waals surface area contributed by atoms with Crippen LogP contribution >= 0.6 is 0 Å². The maximum Gasteiger partial charge on any atom is 0.241 e. The van der Waals surface area contributed by atoms with Gasteiger partial charge in [-0.25, -0.2) is 8.42 Å². The molecule has 5 nitrogen and oxygen atoms in total. The lowest BCUT2D eigenvalue weighted by Gasteiger charge is -2.26. The summed E-state index contributed by atoms with van der Waals surface area (Å²) >= 11 is 0. The number of hydrogen-bond acceptors (Lipinski definition) is 3. The van der Waals surface area contributed by atoms with Gasteiger partial charge in [0.2, 0.25) is 15.9 Å². The Morgan fingerprint density at radius 1 is 1.04 bits per heavy atom. The van der Waals surface area contributed by atoms with Crippen LogP contribution in [0.15, 0.2) is 42.5 Å². The summed E-state index contributed by atoms with van der Waals surface area (Å²) in [5, 5.41) is 2.78. The molecule has 0 saturated carbocycles. The van der Waals surface area contributed by atoms with E-state index in [1.807, 2.05) is 63.2 Å². The molecule has 0 saturated heterocycles. The van der Waals surface area contributed by atoms with Crippen LogP contribution in [0.25, 0.3) is 0 Å². The van der Waals surface area contributed by atoms with E-state index >= 15 is 0 Å². The number of benzene rings is 2. The lowest BCUT2D eigenvalue weighted by Crippen LogP contribution is -2.40. The Bertz CT molecular complexity index is 838. The molecule has 1 N–H and O–H groups in total. The number of amides is 1. The third-order valence-electron chi connectivity index (χ3n) is 3.90. The van der Waals surface area contributed by atoms with Crippen molar-refractivity contribution >= 4 is 21.6 Å². The highest BCUT2D eigenvalue weighted by molar-refractivity contribution is 7.92. The van der Waals surface area contributed by atoms with E-state index in [4.69, 9.17) is 0 Å². The number of carbonyl (C=O) groups excluding carboxylic acids is 1. The molecule has 2 aromatic rings. The van der Waals surface area contributed by atoms with E-state index in [1.165, 1.54) is 4.31 Å². The molecule has 0 heterocycles. The quantitative estimate of drug-likeness (QED) is 0.861. The van der Waals surface area contributed by atoms with Gasteiger partial charge in [0.1, 0.15) is 6.54 Å². The Morgan fingerprint density at radius 2 is 1.60 bits per heavy atom. The molecule has 6 heteroatoms. The van der Waals surface area contributed by atoms with Gasteiger partial charge in [-0.1, -0.05) is 48.0 Å². The van der Waals surface area contributed by atoms with E-state index in [0.717, 1.165) is 28.5 Å². The molecule has 0 atom stereocenters. The predicted molar refractivity (Wildman–Crippen MR) is 101 cm³/mol. The second-order valence-electron chi connectivity index (χ2n) is 6.28. The summed E-state index contributed by atoms with van der Waals surface area (Å²) < 4.78 is 25.7. The number of nitrogens with zero attached hydrogens (tertiary/aromatic N) is 1. The molecular weight excluding hydrogens is 336 g/mol. The molecule has 0 unspecified atom stereocenters. The van der Waals surface area contributed by atoms with Gasteiger partial charge in [-0.3, -0.25) is 9.10 Å². The standard InChI is InChI=1S/C19H24N2O3S/c1-14-10-15(2)19(16(3)11-14)21(25(4,23)24)13-18(22)20-12-17-8-6-5-7-9-17/h5-11H,12-13H2,1-4H3,(H,20,22). The highest BCUT2D eigenvalue weighted by atomic mass is 32.2. The van der Waals surface area contributed by atoms with E-state index in [2.05, 4.69) is 5.32 Å². The second-order valence-corrected chi connectivity index (χ2v) is 8.19. The first kappa shape index (κ1) is 19.0. The zero-order chi connectivity index (χ0) is 18.6. The Hall–Kier alpha value is -2.34.